The van der Waals surface area contributed by atoms with E-state index in [1.807, 2.05) is 0 Å². The molecule has 8 nitrogen and oxygen atoms in total. The number of pyridine rings is 1. The van der Waals surface area contributed by atoms with Crippen molar-refractivity contribution in [1.82, 2.24) is 20.4 Å². The predicted octanol–water partition coefficient (Wildman–Crippen LogP) is 2.09. The van der Waals surface area contributed by atoms with Crippen LogP contribution in [-0.4, -0.2) is 39.8 Å². The predicted molar refractivity (Wildman–Crippen MR) is 97.3 cm³/mol. The first-order chi connectivity index (χ1) is 13.0. The van der Waals surface area contributed by atoms with Crippen LogP contribution in [0.5, 0.6) is 0 Å². The fraction of sp³-hybridized carbons (Fsp3) is 0.167. The average molecular weight is 382 g/mol. The molecule has 2 aromatic heterocycles. The summed E-state index contributed by atoms with van der Waals surface area (Å²) >= 11 is 1.30. The van der Waals surface area contributed by atoms with E-state index in [0.29, 0.717) is 21.6 Å². The molecule has 0 spiro atoms. The Morgan fingerprint density at radius 2 is 1.93 bits per heavy atom. The average Bonchev–Trinajstić information content (AvgIpc) is 3.19. The third-order valence-electron chi connectivity index (χ3n) is 4.15. The maximum Gasteiger partial charge on any atom is 0.289 e. The molecule has 1 aliphatic rings. The van der Waals surface area contributed by atoms with Crippen molar-refractivity contribution in [3.8, 4) is 0 Å². The minimum absolute atomic E-state index is 0.0687. The number of benzene rings is 1. The van der Waals surface area contributed by atoms with Crippen molar-refractivity contribution >= 4 is 40.0 Å². The van der Waals surface area contributed by atoms with E-state index in [2.05, 4.69) is 15.4 Å². The lowest BCUT2D eigenvalue weighted by molar-refractivity contribution is 0.0516. The summed E-state index contributed by atoms with van der Waals surface area (Å²) in [6, 6.07) is 7.03. The minimum atomic E-state index is -0.638. The van der Waals surface area contributed by atoms with Gasteiger partial charge in [0.15, 0.2) is 0 Å². The number of hydrogen-bond acceptors (Lipinski definition) is 7. The van der Waals surface area contributed by atoms with Crippen LogP contribution >= 0.6 is 11.3 Å². The molecule has 0 atom stereocenters. The molecule has 3 amide bonds. The van der Waals surface area contributed by atoms with Crippen LogP contribution in [0.2, 0.25) is 0 Å². The summed E-state index contributed by atoms with van der Waals surface area (Å²) in [6.07, 6.45) is 0. The molecular weight excluding hydrogens is 368 g/mol. The number of carbonyl (C=O) groups excluding carboxylic acids is 3. The van der Waals surface area contributed by atoms with Crippen molar-refractivity contribution in [1.29, 1.82) is 0 Å². The van der Waals surface area contributed by atoms with Gasteiger partial charge in [-0.3, -0.25) is 19.8 Å². The third-order valence-corrected chi connectivity index (χ3v) is 4.92. The highest BCUT2D eigenvalue weighted by Crippen LogP contribution is 2.31. The molecular formula is C18H14N4O4S. The van der Waals surface area contributed by atoms with Gasteiger partial charge in [-0.25, -0.2) is 9.97 Å². The number of hydrazine groups is 1. The third kappa shape index (κ3) is 2.77. The van der Waals surface area contributed by atoms with Gasteiger partial charge in [-0.1, -0.05) is 18.2 Å². The smallest absolute Gasteiger partial charge is 0.289 e. The Labute approximate surface area is 157 Å². The number of rotatable bonds is 4. The van der Waals surface area contributed by atoms with Crippen LogP contribution < -0.4 is 5.43 Å². The van der Waals surface area contributed by atoms with E-state index in [4.69, 9.17) is 4.74 Å². The van der Waals surface area contributed by atoms with Crippen LogP contribution in [0.15, 0.2) is 29.6 Å². The van der Waals surface area contributed by atoms with Gasteiger partial charge in [0.25, 0.3) is 17.7 Å². The summed E-state index contributed by atoms with van der Waals surface area (Å²) < 4.78 is 5.13. The zero-order valence-electron chi connectivity index (χ0n) is 14.5. The number of para-hydroxylation sites is 1. The number of ether oxygens (including phenoxy) is 1. The molecule has 0 saturated carbocycles. The van der Waals surface area contributed by atoms with E-state index >= 15 is 0 Å². The molecule has 0 bridgehead atoms. The van der Waals surface area contributed by atoms with Crippen LogP contribution in [0, 0.1) is 6.92 Å². The molecule has 3 heterocycles. The molecule has 27 heavy (non-hydrogen) atoms. The summed E-state index contributed by atoms with van der Waals surface area (Å²) in [5.74, 6) is -1.87. The second-order valence-electron chi connectivity index (χ2n) is 5.90. The van der Waals surface area contributed by atoms with Gasteiger partial charge in [-0.05, 0) is 13.0 Å². The Morgan fingerprint density at radius 3 is 2.63 bits per heavy atom. The first-order valence-electron chi connectivity index (χ1n) is 8.03. The molecule has 0 radical (unpaired) electrons. The number of aryl methyl sites for hydroxylation is 1. The number of nitrogens with one attached hydrogen (secondary N) is 1. The zero-order valence-corrected chi connectivity index (χ0v) is 15.3. The summed E-state index contributed by atoms with van der Waals surface area (Å²) in [6.45, 7) is 1.83. The molecule has 0 fully saturated rings. The van der Waals surface area contributed by atoms with Crippen LogP contribution in [0.1, 0.15) is 41.9 Å². The highest BCUT2D eigenvalue weighted by molar-refractivity contribution is 7.09. The Balaban J connectivity index is 1.78. The standard InChI is InChI=1S/C18H14N4O4S/c1-9-19-13(8-27-9)16(23)21-22-17(24)14-10-5-3-4-6-11(10)20-12(7-26-2)15(14)18(22)25/h3-6,8H,7H2,1-2H3,(H,21,23). The topological polar surface area (TPSA) is 101 Å². The summed E-state index contributed by atoms with van der Waals surface area (Å²) in [7, 11) is 1.48. The highest BCUT2D eigenvalue weighted by Gasteiger charge is 2.41. The maximum atomic E-state index is 13.0. The summed E-state index contributed by atoms with van der Waals surface area (Å²) in [5.41, 5.74) is 3.80. The van der Waals surface area contributed by atoms with Gasteiger partial charge < -0.3 is 4.74 Å². The fourth-order valence-electron chi connectivity index (χ4n) is 3.00. The van der Waals surface area contributed by atoms with Gasteiger partial charge >= 0.3 is 0 Å². The number of imide groups is 1. The SMILES string of the molecule is COCc1nc2ccccc2c2c1C(=O)N(NC(=O)c1csc(C)n1)C2=O. The van der Waals surface area contributed by atoms with Gasteiger partial charge in [-0.15, -0.1) is 11.3 Å². The maximum absolute atomic E-state index is 13.0. The van der Waals surface area contributed by atoms with Gasteiger partial charge in [0.1, 0.15) is 5.69 Å². The van der Waals surface area contributed by atoms with Crippen molar-refractivity contribution in [3.63, 3.8) is 0 Å². The molecule has 4 rings (SSSR count). The van der Waals surface area contributed by atoms with E-state index in [-0.39, 0.29) is 23.4 Å². The molecule has 1 aromatic carbocycles. The number of amides is 3. The van der Waals surface area contributed by atoms with Gasteiger partial charge in [-0.2, -0.15) is 5.01 Å². The van der Waals surface area contributed by atoms with Crippen LogP contribution in [0.25, 0.3) is 10.9 Å². The van der Waals surface area contributed by atoms with Gasteiger partial charge in [0, 0.05) is 17.9 Å². The molecule has 3 aromatic rings. The molecule has 9 heteroatoms. The number of fused-ring (bicyclic) bond motifs is 3. The van der Waals surface area contributed by atoms with Crippen LogP contribution in [0.4, 0.5) is 0 Å². The largest absolute Gasteiger partial charge is 0.378 e. The monoisotopic (exact) mass is 382 g/mol. The lowest BCUT2D eigenvalue weighted by atomic mass is 10.0. The summed E-state index contributed by atoms with van der Waals surface area (Å²) in [4.78, 5) is 46.7. The van der Waals surface area contributed by atoms with E-state index < -0.39 is 17.7 Å². The van der Waals surface area contributed by atoms with Gasteiger partial charge in [0.2, 0.25) is 0 Å². The Bertz CT molecular complexity index is 1110. The molecule has 0 unspecified atom stereocenters. The normalized spacial score (nSPS) is 13.3. The number of aromatic nitrogens is 2. The number of thiazole rings is 1. The van der Waals surface area contributed by atoms with E-state index in [1.54, 1.807) is 36.6 Å². The Hall–Kier alpha value is -3.17. The van der Waals surface area contributed by atoms with E-state index in [0.717, 1.165) is 5.01 Å². The fourth-order valence-corrected chi connectivity index (χ4v) is 3.59. The minimum Gasteiger partial charge on any atom is -0.378 e. The second kappa shape index (κ2) is 6.53. The quantitative estimate of drug-likeness (QED) is 0.694. The molecule has 1 aliphatic heterocycles. The van der Waals surface area contributed by atoms with E-state index in [9.17, 15) is 14.4 Å². The number of hydrogen-bond donors (Lipinski definition) is 1. The number of nitrogens with zero attached hydrogens (tertiary/aromatic N) is 3. The van der Waals surface area contributed by atoms with Crippen molar-refractivity contribution in [2.24, 2.45) is 0 Å². The summed E-state index contributed by atoms with van der Waals surface area (Å²) in [5, 5.41) is 3.54. The van der Waals surface area contributed by atoms with Crippen LogP contribution in [0.3, 0.4) is 0 Å². The highest BCUT2D eigenvalue weighted by atomic mass is 32.1. The van der Waals surface area contributed by atoms with Crippen molar-refractivity contribution in [2.45, 2.75) is 13.5 Å². The zero-order chi connectivity index (χ0) is 19.1. The Morgan fingerprint density at radius 1 is 1.19 bits per heavy atom. The molecule has 136 valence electrons. The van der Waals surface area contributed by atoms with Crippen molar-refractivity contribution in [3.05, 3.63) is 57.2 Å². The number of carbonyl (C=O) groups is 3. The van der Waals surface area contributed by atoms with Crippen LogP contribution in [-0.2, 0) is 11.3 Å². The van der Waals surface area contributed by atoms with Crippen molar-refractivity contribution in [2.75, 3.05) is 7.11 Å². The Kier molecular flexibility index (Phi) is 4.17. The lowest BCUT2D eigenvalue weighted by Gasteiger charge is -2.14. The second-order valence-corrected chi connectivity index (χ2v) is 6.96. The number of methoxy groups -OCH3 is 1. The molecule has 0 aliphatic carbocycles. The molecule has 0 saturated heterocycles. The first kappa shape index (κ1) is 17.3. The van der Waals surface area contributed by atoms with Crippen molar-refractivity contribution < 1.29 is 19.1 Å². The lowest BCUT2D eigenvalue weighted by Crippen LogP contribution is -2.46. The van der Waals surface area contributed by atoms with E-state index in [1.165, 1.54) is 18.4 Å². The first-order valence-corrected chi connectivity index (χ1v) is 8.91. The molecule has 1 N–H and O–H groups in total. The van der Waals surface area contributed by atoms with Gasteiger partial charge in [0.05, 0.1) is 34.0 Å².